The van der Waals surface area contributed by atoms with Gasteiger partial charge in [0.2, 0.25) is 0 Å². The van der Waals surface area contributed by atoms with Gasteiger partial charge in [-0.15, -0.1) is 0 Å². The molecule has 25 heavy (non-hydrogen) atoms. The lowest BCUT2D eigenvalue weighted by Crippen LogP contribution is -2.45. The van der Waals surface area contributed by atoms with Crippen molar-refractivity contribution in [3.8, 4) is 0 Å². The van der Waals surface area contributed by atoms with Crippen molar-refractivity contribution in [2.45, 2.75) is 44.7 Å². The van der Waals surface area contributed by atoms with Gasteiger partial charge in [-0.05, 0) is 49.9 Å². The van der Waals surface area contributed by atoms with Crippen LogP contribution < -0.4 is 5.32 Å². The minimum atomic E-state index is -0.225. The molecular formula is C21H25FN2O. The van der Waals surface area contributed by atoms with E-state index in [1.165, 1.54) is 12.1 Å². The summed E-state index contributed by atoms with van der Waals surface area (Å²) in [4.78, 5) is 14.5. The fraction of sp³-hybridized carbons (Fsp3) is 0.381. The second kappa shape index (κ2) is 7.26. The SMILES string of the molecule is CC(C)N(Cc1ccccc1)C(=O)NCC1(c2ccc(F)cc2)CC1. The van der Waals surface area contributed by atoms with E-state index < -0.39 is 0 Å². The Morgan fingerprint density at radius 2 is 1.76 bits per heavy atom. The maximum atomic E-state index is 13.1. The molecule has 0 aromatic heterocycles. The van der Waals surface area contributed by atoms with Crippen LogP contribution in [0.5, 0.6) is 0 Å². The van der Waals surface area contributed by atoms with Crippen molar-refractivity contribution in [2.24, 2.45) is 0 Å². The van der Waals surface area contributed by atoms with Gasteiger partial charge >= 0.3 is 6.03 Å². The predicted octanol–water partition coefficient (Wildman–Crippen LogP) is 4.48. The summed E-state index contributed by atoms with van der Waals surface area (Å²) < 4.78 is 13.1. The van der Waals surface area contributed by atoms with E-state index in [4.69, 9.17) is 0 Å². The van der Waals surface area contributed by atoms with E-state index in [2.05, 4.69) is 5.32 Å². The molecule has 1 saturated carbocycles. The molecule has 0 unspecified atom stereocenters. The number of carbonyl (C=O) groups excluding carboxylic acids is 1. The molecule has 0 aliphatic heterocycles. The number of benzene rings is 2. The van der Waals surface area contributed by atoms with Gasteiger partial charge in [-0.1, -0.05) is 42.5 Å². The smallest absolute Gasteiger partial charge is 0.317 e. The number of nitrogens with zero attached hydrogens (tertiary/aromatic N) is 1. The number of hydrogen-bond donors (Lipinski definition) is 1. The Kier molecular flexibility index (Phi) is 5.07. The van der Waals surface area contributed by atoms with Crippen molar-refractivity contribution in [3.05, 3.63) is 71.5 Å². The first kappa shape index (κ1) is 17.5. The van der Waals surface area contributed by atoms with Crippen molar-refractivity contribution in [3.63, 3.8) is 0 Å². The first-order valence-corrected chi connectivity index (χ1v) is 8.85. The first-order chi connectivity index (χ1) is 12.0. The van der Waals surface area contributed by atoms with E-state index in [-0.39, 0.29) is 23.3 Å². The van der Waals surface area contributed by atoms with Crippen LogP contribution in [0, 0.1) is 5.82 Å². The zero-order chi connectivity index (χ0) is 17.9. The van der Waals surface area contributed by atoms with Gasteiger partial charge < -0.3 is 10.2 Å². The summed E-state index contributed by atoms with van der Waals surface area (Å²) in [6.45, 7) is 5.23. The van der Waals surface area contributed by atoms with Crippen LogP contribution in [0.4, 0.5) is 9.18 Å². The van der Waals surface area contributed by atoms with Crippen LogP contribution >= 0.6 is 0 Å². The molecule has 1 aliphatic carbocycles. The van der Waals surface area contributed by atoms with Gasteiger partial charge in [-0.3, -0.25) is 0 Å². The highest BCUT2D eigenvalue weighted by molar-refractivity contribution is 5.74. The number of urea groups is 1. The molecule has 1 N–H and O–H groups in total. The fourth-order valence-corrected chi connectivity index (χ4v) is 3.14. The lowest BCUT2D eigenvalue weighted by molar-refractivity contribution is 0.179. The Bertz CT molecular complexity index is 708. The highest BCUT2D eigenvalue weighted by Crippen LogP contribution is 2.47. The highest BCUT2D eigenvalue weighted by Gasteiger charge is 2.44. The summed E-state index contributed by atoms with van der Waals surface area (Å²) in [7, 11) is 0. The Hall–Kier alpha value is -2.36. The molecule has 0 bridgehead atoms. The summed E-state index contributed by atoms with van der Waals surface area (Å²) in [5, 5.41) is 3.09. The summed E-state index contributed by atoms with van der Waals surface area (Å²) in [6.07, 6.45) is 2.05. The zero-order valence-corrected chi connectivity index (χ0v) is 14.8. The van der Waals surface area contributed by atoms with E-state index in [0.29, 0.717) is 13.1 Å². The van der Waals surface area contributed by atoms with E-state index in [1.807, 2.05) is 61.2 Å². The second-order valence-corrected chi connectivity index (χ2v) is 7.15. The molecule has 0 heterocycles. The standard InChI is InChI=1S/C21H25FN2O/c1-16(2)24(14-17-6-4-3-5-7-17)20(25)23-15-21(12-13-21)18-8-10-19(22)11-9-18/h3-11,16H,12-15H2,1-2H3,(H,23,25). The summed E-state index contributed by atoms with van der Waals surface area (Å²) >= 11 is 0. The van der Waals surface area contributed by atoms with Gasteiger partial charge in [0.05, 0.1) is 0 Å². The maximum absolute atomic E-state index is 13.1. The minimum Gasteiger partial charge on any atom is -0.337 e. The van der Waals surface area contributed by atoms with E-state index in [1.54, 1.807) is 0 Å². The Morgan fingerprint density at radius 1 is 1.12 bits per heavy atom. The van der Waals surface area contributed by atoms with Crippen molar-refractivity contribution in [1.29, 1.82) is 0 Å². The van der Waals surface area contributed by atoms with Crippen LogP contribution in [-0.2, 0) is 12.0 Å². The van der Waals surface area contributed by atoms with Crippen LogP contribution in [0.25, 0.3) is 0 Å². The molecule has 0 atom stereocenters. The largest absolute Gasteiger partial charge is 0.337 e. The van der Waals surface area contributed by atoms with Crippen LogP contribution in [0.15, 0.2) is 54.6 Å². The van der Waals surface area contributed by atoms with Gasteiger partial charge in [-0.25, -0.2) is 9.18 Å². The molecular weight excluding hydrogens is 315 g/mol. The third kappa shape index (κ3) is 4.19. The monoisotopic (exact) mass is 340 g/mol. The third-order valence-electron chi connectivity index (χ3n) is 4.97. The van der Waals surface area contributed by atoms with Crippen molar-refractivity contribution in [1.82, 2.24) is 10.2 Å². The average molecular weight is 340 g/mol. The van der Waals surface area contributed by atoms with Gasteiger partial charge in [0.1, 0.15) is 5.82 Å². The molecule has 2 aromatic carbocycles. The number of carbonyl (C=O) groups is 1. The normalized spacial score (nSPS) is 15.0. The molecule has 1 aliphatic rings. The van der Waals surface area contributed by atoms with Gasteiger partial charge in [0.25, 0.3) is 0 Å². The zero-order valence-electron chi connectivity index (χ0n) is 14.8. The molecule has 4 heteroatoms. The minimum absolute atomic E-state index is 0.0290. The molecule has 1 fully saturated rings. The van der Waals surface area contributed by atoms with Gasteiger partial charge in [-0.2, -0.15) is 0 Å². The molecule has 2 aromatic rings. The molecule has 3 rings (SSSR count). The van der Waals surface area contributed by atoms with Crippen molar-refractivity contribution >= 4 is 6.03 Å². The Labute approximate surface area is 148 Å². The molecule has 0 saturated heterocycles. The topological polar surface area (TPSA) is 32.3 Å². The first-order valence-electron chi connectivity index (χ1n) is 8.85. The van der Waals surface area contributed by atoms with Crippen molar-refractivity contribution in [2.75, 3.05) is 6.54 Å². The third-order valence-corrected chi connectivity index (χ3v) is 4.97. The molecule has 132 valence electrons. The molecule has 0 radical (unpaired) electrons. The van der Waals surface area contributed by atoms with Crippen LogP contribution in [0.1, 0.15) is 37.8 Å². The lowest BCUT2D eigenvalue weighted by Gasteiger charge is -2.28. The summed E-state index contributed by atoms with van der Waals surface area (Å²) in [5.74, 6) is -0.225. The summed E-state index contributed by atoms with van der Waals surface area (Å²) in [6, 6.07) is 16.7. The van der Waals surface area contributed by atoms with E-state index in [0.717, 1.165) is 24.0 Å². The number of halogens is 1. The second-order valence-electron chi connectivity index (χ2n) is 7.15. The lowest BCUT2D eigenvalue weighted by atomic mass is 9.96. The van der Waals surface area contributed by atoms with Gasteiger partial charge in [0, 0.05) is 24.5 Å². The quantitative estimate of drug-likeness (QED) is 0.826. The van der Waals surface area contributed by atoms with Crippen LogP contribution in [0.2, 0.25) is 0 Å². The van der Waals surface area contributed by atoms with Crippen molar-refractivity contribution < 1.29 is 9.18 Å². The maximum Gasteiger partial charge on any atom is 0.317 e. The number of nitrogens with one attached hydrogen (secondary N) is 1. The molecule has 3 nitrogen and oxygen atoms in total. The van der Waals surface area contributed by atoms with Crippen LogP contribution in [0.3, 0.4) is 0 Å². The average Bonchev–Trinajstić information content (AvgIpc) is 3.40. The number of hydrogen-bond acceptors (Lipinski definition) is 1. The molecule has 2 amide bonds. The van der Waals surface area contributed by atoms with E-state index in [9.17, 15) is 9.18 Å². The fourth-order valence-electron chi connectivity index (χ4n) is 3.14. The number of rotatable bonds is 6. The predicted molar refractivity (Wildman–Crippen MR) is 97.8 cm³/mol. The highest BCUT2D eigenvalue weighted by atomic mass is 19.1. The van der Waals surface area contributed by atoms with E-state index >= 15 is 0 Å². The van der Waals surface area contributed by atoms with Gasteiger partial charge in [0.15, 0.2) is 0 Å². The Balaban J connectivity index is 1.63. The molecule has 0 spiro atoms. The van der Waals surface area contributed by atoms with Crippen LogP contribution in [-0.4, -0.2) is 23.5 Å². The number of amides is 2. The summed E-state index contributed by atoms with van der Waals surface area (Å²) in [5.41, 5.74) is 2.19. The Morgan fingerprint density at radius 3 is 2.32 bits per heavy atom.